The van der Waals surface area contributed by atoms with Crippen LogP contribution < -0.4 is 0 Å². The van der Waals surface area contributed by atoms with Gasteiger partial charge in [0.15, 0.2) is 5.65 Å². The van der Waals surface area contributed by atoms with E-state index in [1.807, 2.05) is 20.8 Å². The van der Waals surface area contributed by atoms with Crippen molar-refractivity contribution in [3.05, 3.63) is 51.9 Å². The third-order valence-electron chi connectivity index (χ3n) is 4.58. The van der Waals surface area contributed by atoms with Gasteiger partial charge in [0, 0.05) is 6.20 Å². The van der Waals surface area contributed by atoms with Crippen molar-refractivity contribution in [2.45, 2.75) is 32.1 Å². The first-order valence-electron chi connectivity index (χ1n) is 8.21. The molecule has 0 spiro atoms. The van der Waals surface area contributed by atoms with Crippen molar-refractivity contribution in [2.75, 3.05) is 0 Å². The Hall–Kier alpha value is -2.19. The summed E-state index contributed by atoms with van der Waals surface area (Å²) >= 11 is 3.46. The SMILES string of the molecule is CCc1cn(S(=O)(=O)c2ccc(C)cc2)c2nc(C)c3c(Br)[nH]nc3c12. The van der Waals surface area contributed by atoms with Crippen LogP contribution in [0.5, 0.6) is 0 Å². The zero-order valence-corrected chi connectivity index (χ0v) is 16.9. The number of halogens is 1. The van der Waals surface area contributed by atoms with Gasteiger partial charge in [0.2, 0.25) is 0 Å². The van der Waals surface area contributed by atoms with Gasteiger partial charge in [0.05, 0.1) is 21.4 Å². The predicted molar refractivity (Wildman–Crippen MR) is 105 cm³/mol. The van der Waals surface area contributed by atoms with Crippen LogP contribution in [0.2, 0.25) is 0 Å². The highest BCUT2D eigenvalue weighted by Crippen LogP contribution is 2.34. The molecule has 4 rings (SSSR count). The van der Waals surface area contributed by atoms with Crippen molar-refractivity contribution < 1.29 is 8.42 Å². The highest BCUT2D eigenvalue weighted by molar-refractivity contribution is 9.10. The molecule has 134 valence electrons. The fourth-order valence-corrected chi connectivity index (χ4v) is 5.10. The molecule has 0 atom stereocenters. The molecule has 3 heterocycles. The minimum absolute atomic E-state index is 0.241. The largest absolute Gasteiger partial charge is 0.270 e. The van der Waals surface area contributed by atoms with Crippen LogP contribution in [0.3, 0.4) is 0 Å². The van der Waals surface area contributed by atoms with Gasteiger partial charge in [-0.05, 0) is 53.9 Å². The van der Waals surface area contributed by atoms with Crippen LogP contribution in [0.1, 0.15) is 23.7 Å². The summed E-state index contributed by atoms with van der Waals surface area (Å²) in [5, 5.41) is 8.93. The number of aryl methyl sites for hydroxylation is 3. The molecule has 0 unspecified atom stereocenters. The monoisotopic (exact) mass is 432 g/mol. The third-order valence-corrected chi connectivity index (χ3v) is 6.82. The summed E-state index contributed by atoms with van der Waals surface area (Å²) in [7, 11) is -3.75. The van der Waals surface area contributed by atoms with Gasteiger partial charge in [0.25, 0.3) is 10.0 Å². The number of nitrogens with zero attached hydrogens (tertiary/aromatic N) is 3. The van der Waals surface area contributed by atoms with Crippen LogP contribution in [0.25, 0.3) is 21.9 Å². The van der Waals surface area contributed by atoms with Crippen LogP contribution in [0.15, 0.2) is 40.0 Å². The molecule has 0 fully saturated rings. The van der Waals surface area contributed by atoms with Gasteiger partial charge >= 0.3 is 0 Å². The summed E-state index contributed by atoms with van der Waals surface area (Å²) in [6, 6.07) is 6.83. The number of aromatic amines is 1. The lowest BCUT2D eigenvalue weighted by atomic mass is 10.1. The Labute approximate surface area is 159 Å². The number of aromatic nitrogens is 4. The molecule has 0 radical (unpaired) electrons. The maximum atomic E-state index is 13.2. The molecular weight excluding hydrogens is 416 g/mol. The van der Waals surface area contributed by atoms with Crippen LogP contribution in [0.4, 0.5) is 0 Å². The van der Waals surface area contributed by atoms with E-state index in [1.165, 1.54) is 3.97 Å². The number of benzene rings is 1. The summed E-state index contributed by atoms with van der Waals surface area (Å²) in [4.78, 5) is 4.85. The van der Waals surface area contributed by atoms with Gasteiger partial charge in [0.1, 0.15) is 10.1 Å². The van der Waals surface area contributed by atoms with E-state index in [4.69, 9.17) is 0 Å². The molecule has 0 saturated carbocycles. The Morgan fingerprint density at radius 3 is 2.50 bits per heavy atom. The maximum Gasteiger partial charge on any atom is 0.269 e. The first-order chi connectivity index (χ1) is 12.3. The van der Waals surface area contributed by atoms with Crippen LogP contribution in [0, 0.1) is 13.8 Å². The molecule has 0 bridgehead atoms. The van der Waals surface area contributed by atoms with Crippen LogP contribution in [-0.4, -0.2) is 27.6 Å². The molecule has 8 heteroatoms. The molecule has 1 N–H and O–H groups in total. The van der Waals surface area contributed by atoms with Crippen LogP contribution in [-0.2, 0) is 16.4 Å². The smallest absolute Gasteiger partial charge is 0.269 e. The number of hydrogen-bond acceptors (Lipinski definition) is 4. The quantitative estimate of drug-likeness (QED) is 0.528. The van der Waals surface area contributed by atoms with Gasteiger partial charge in [-0.25, -0.2) is 17.4 Å². The molecule has 6 nitrogen and oxygen atoms in total. The summed E-state index contributed by atoms with van der Waals surface area (Å²) in [6.07, 6.45) is 2.34. The first kappa shape index (κ1) is 17.2. The van der Waals surface area contributed by atoms with Crippen molar-refractivity contribution in [3.8, 4) is 0 Å². The summed E-state index contributed by atoms with van der Waals surface area (Å²) in [5.41, 5.74) is 3.76. The Bertz CT molecular complexity index is 1250. The molecule has 0 amide bonds. The second-order valence-corrected chi connectivity index (χ2v) is 8.89. The van der Waals surface area contributed by atoms with Gasteiger partial charge in [-0.15, -0.1) is 0 Å². The Kier molecular flexibility index (Phi) is 3.92. The zero-order chi connectivity index (χ0) is 18.6. The zero-order valence-electron chi connectivity index (χ0n) is 14.5. The lowest BCUT2D eigenvalue weighted by Gasteiger charge is -2.08. The first-order valence-corrected chi connectivity index (χ1v) is 10.4. The molecule has 0 aliphatic carbocycles. The summed E-state index contributed by atoms with van der Waals surface area (Å²) in [5.74, 6) is 0. The fourth-order valence-electron chi connectivity index (χ4n) is 3.21. The van der Waals surface area contributed by atoms with E-state index in [1.54, 1.807) is 30.5 Å². The van der Waals surface area contributed by atoms with Crippen molar-refractivity contribution in [3.63, 3.8) is 0 Å². The number of pyridine rings is 1. The van der Waals surface area contributed by atoms with Gasteiger partial charge < -0.3 is 0 Å². The summed E-state index contributed by atoms with van der Waals surface area (Å²) in [6.45, 7) is 5.77. The van der Waals surface area contributed by atoms with Crippen LogP contribution >= 0.6 is 15.9 Å². The minimum Gasteiger partial charge on any atom is -0.270 e. The molecule has 0 saturated heterocycles. The van der Waals surface area contributed by atoms with E-state index in [9.17, 15) is 8.42 Å². The fraction of sp³-hybridized carbons (Fsp3) is 0.222. The number of nitrogens with one attached hydrogen (secondary N) is 1. The second kappa shape index (κ2) is 5.92. The lowest BCUT2D eigenvalue weighted by Crippen LogP contribution is -2.12. The van der Waals surface area contributed by atoms with Gasteiger partial charge in [-0.3, -0.25) is 5.10 Å². The molecule has 0 aliphatic heterocycles. The Morgan fingerprint density at radius 2 is 1.85 bits per heavy atom. The van der Waals surface area contributed by atoms with Crippen molar-refractivity contribution in [1.82, 2.24) is 19.2 Å². The number of hydrogen-bond donors (Lipinski definition) is 1. The van der Waals surface area contributed by atoms with E-state index in [0.717, 1.165) is 32.0 Å². The molecule has 26 heavy (non-hydrogen) atoms. The van der Waals surface area contributed by atoms with Crippen molar-refractivity contribution in [1.29, 1.82) is 0 Å². The van der Waals surface area contributed by atoms with Gasteiger partial charge in [-0.1, -0.05) is 24.6 Å². The number of fused-ring (bicyclic) bond motifs is 3. The highest BCUT2D eigenvalue weighted by Gasteiger charge is 2.25. The minimum atomic E-state index is -3.75. The van der Waals surface area contributed by atoms with E-state index < -0.39 is 10.0 Å². The average molecular weight is 433 g/mol. The third kappa shape index (κ3) is 2.39. The topological polar surface area (TPSA) is 80.6 Å². The normalized spacial score (nSPS) is 12.3. The van der Waals surface area contributed by atoms with E-state index in [-0.39, 0.29) is 4.90 Å². The van der Waals surface area contributed by atoms with Gasteiger partial charge in [-0.2, -0.15) is 5.10 Å². The standard InChI is InChI=1S/C18H17BrN4O2S/c1-4-12-9-23(26(24,25)13-7-5-10(2)6-8-13)18-15(12)16-14(11(3)20-18)17(19)22-21-16/h5-9H,4H2,1-3H3,(H,21,22). The lowest BCUT2D eigenvalue weighted by molar-refractivity contribution is 0.588. The number of rotatable bonds is 3. The Balaban J connectivity index is 2.10. The molecule has 0 aliphatic rings. The van der Waals surface area contributed by atoms with E-state index >= 15 is 0 Å². The van der Waals surface area contributed by atoms with Crippen molar-refractivity contribution >= 4 is 47.9 Å². The molecule has 4 aromatic rings. The van der Waals surface area contributed by atoms with E-state index in [0.29, 0.717) is 17.8 Å². The van der Waals surface area contributed by atoms with Crippen molar-refractivity contribution in [2.24, 2.45) is 0 Å². The molecular formula is C18H17BrN4O2S. The molecule has 3 aromatic heterocycles. The molecule has 1 aromatic carbocycles. The van der Waals surface area contributed by atoms with E-state index in [2.05, 4.69) is 31.1 Å². The summed E-state index contributed by atoms with van der Waals surface area (Å²) < 4.78 is 28.5. The second-order valence-electron chi connectivity index (χ2n) is 6.28. The number of H-pyrrole nitrogens is 1. The maximum absolute atomic E-state index is 13.2. The predicted octanol–water partition coefficient (Wildman–Crippen LogP) is 4.09. The highest BCUT2D eigenvalue weighted by atomic mass is 79.9. The average Bonchev–Trinajstić information content (AvgIpc) is 3.16. The Morgan fingerprint density at radius 1 is 1.15 bits per heavy atom.